The predicted molar refractivity (Wildman–Crippen MR) is 107 cm³/mol. The van der Waals surface area contributed by atoms with Crippen molar-refractivity contribution in [1.29, 1.82) is 0 Å². The van der Waals surface area contributed by atoms with Crippen LogP contribution in [0.25, 0.3) is 0 Å². The number of hydrogen-bond acceptors (Lipinski definition) is 7. The number of benzene rings is 1. The smallest absolute Gasteiger partial charge is 0.245 e. The third kappa shape index (κ3) is 4.85. The SMILES string of the molecule is CC1(C)O[C@H]2O[C@H](C(CC(=O)NO)N3CCCCC3)[C@H](OCc3ccccc3)[C@H]2O1. The first-order chi connectivity index (χ1) is 14.5. The molecule has 166 valence electrons. The quantitative estimate of drug-likeness (QED) is 0.516. The third-order valence-electron chi connectivity index (χ3n) is 6.07. The van der Waals surface area contributed by atoms with Crippen LogP contribution < -0.4 is 5.48 Å². The van der Waals surface area contributed by atoms with E-state index in [1.54, 1.807) is 5.48 Å². The van der Waals surface area contributed by atoms with Crippen LogP contribution in [-0.4, -0.2) is 65.5 Å². The maximum Gasteiger partial charge on any atom is 0.245 e. The minimum absolute atomic E-state index is 0.120. The molecule has 8 heteroatoms. The van der Waals surface area contributed by atoms with Crippen molar-refractivity contribution in [3.8, 4) is 0 Å². The molecule has 0 saturated carbocycles. The number of rotatable bonds is 7. The van der Waals surface area contributed by atoms with E-state index in [0.29, 0.717) is 6.61 Å². The van der Waals surface area contributed by atoms with Crippen molar-refractivity contribution in [2.75, 3.05) is 13.1 Å². The van der Waals surface area contributed by atoms with Crippen LogP contribution in [-0.2, 0) is 30.3 Å². The molecule has 1 amide bonds. The first-order valence-corrected chi connectivity index (χ1v) is 10.8. The van der Waals surface area contributed by atoms with Crippen molar-refractivity contribution in [2.24, 2.45) is 0 Å². The fourth-order valence-corrected chi connectivity index (χ4v) is 4.71. The molecule has 0 spiro atoms. The fourth-order valence-electron chi connectivity index (χ4n) is 4.71. The molecule has 3 aliphatic heterocycles. The molecule has 0 aromatic heterocycles. The minimum Gasteiger partial charge on any atom is -0.368 e. The number of amides is 1. The summed E-state index contributed by atoms with van der Waals surface area (Å²) in [6, 6.07) is 9.71. The Hall–Kier alpha value is -1.55. The number of ether oxygens (including phenoxy) is 4. The molecule has 3 heterocycles. The van der Waals surface area contributed by atoms with Crippen LogP contribution in [0.4, 0.5) is 0 Å². The van der Waals surface area contributed by atoms with Crippen LogP contribution in [0.5, 0.6) is 0 Å². The Kier molecular flexibility index (Phi) is 6.72. The molecule has 0 aliphatic carbocycles. The molecule has 0 bridgehead atoms. The predicted octanol–water partition coefficient (Wildman–Crippen LogP) is 2.20. The number of carbonyl (C=O) groups is 1. The first kappa shape index (κ1) is 21.7. The van der Waals surface area contributed by atoms with Crippen molar-refractivity contribution in [1.82, 2.24) is 10.4 Å². The highest BCUT2D eigenvalue weighted by molar-refractivity contribution is 5.75. The molecule has 4 rings (SSSR count). The van der Waals surface area contributed by atoms with E-state index in [0.717, 1.165) is 31.5 Å². The lowest BCUT2D eigenvalue weighted by atomic mass is 9.96. The van der Waals surface area contributed by atoms with Crippen LogP contribution in [0.2, 0.25) is 0 Å². The molecule has 3 fully saturated rings. The fraction of sp³-hybridized carbons (Fsp3) is 0.682. The summed E-state index contributed by atoms with van der Waals surface area (Å²) >= 11 is 0. The van der Waals surface area contributed by atoms with E-state index in [9.17, 15) is 4.79 Å². The van der Waals surface area contributed by atoms with Gasteiger partial charge in [-0.15, -0.1) is 0 Å². The van der Waals surface area contributed by atoms with E-state index in [1.165, 1.54) is 6.42 Å². The molecule has 1 unspecified atom stereocenters. The summed E-state index contributed by atoms with van der Waals surface area (Å²) in [5.41, 5.74) is 2.83. The number of carbonyl (C=O) groups excluding carboxylic acids is 1. The standard InChI is InChI=1S/C22H32N2O6/c1-22(2)29-20-19(27-14-15-9-5-3-6-10-15)18(28-21(20)30-22)16(13-17(25)23-26)24-11-7-4-8-12-24/h3,5-6,9-10,16,18-21,26H,4,7-8,11-14H2,1-2H3,(H,23,25)/t16?,18-,19+,20-,21-/m1/s1. The van der Waals surface area contributed by atoms with Crippen molar-refractivity contribution < 1.29 is 28.9 Å². The van der Waals surface area contributed by atoms with Gasteiger partial charge in [-0.25, -0.2) is 5.48 Å². The highest BCUT2D eigenvalue weighted by atomic mass is 16.8. The van der Waals surface area contributed by atoms with Gasteiger partial charge in [-0.1, -0.05) is 36.8 Å². The summed E-state index contributed by atoms with van der Waals surface area (Å²) in [6.45, 7) is 5.91. The highest BCUT2D eigenvalue weighted by Gasteiger charge is 2.58. The molecule has 3 aliphatic rings. The highest BCUT2D eigenvalue weighted by Crippen LogP contribution is 2.41. The van der Waals surface area contributed by atoms with Crippen molar-refractivity contribution >= 4 is 5.91 Å². The second kappa shape index (κ2) is 9.30. The van der Waals surface area contributed by atoms with Crippen molar-refractivity contribution in [3.05, 3.63) is 35.9 Å². The van der Waals surface area contributed by atoms with Gasteiger partial charge in [0, 0.05) is 12.5 Å². The van der Waals surface area contributed by atoms with E-state index >= 15 is 0 Å². The topological polar surface area (TPSA) is 89.5 Å². The molecule has 1 aromatic rings. The lowest BCUT2D eigenvalue weighted by Gasteiger charge is -2.39. The van der Waals surface area contributed by atoms with Gasteiger partial charge >= 0.3 is 0 Å². The normalized spacial score (nSPS) is 32.0. The Labute approximate surface area is 177 Å². The Morgan fingerprint density at radius 2 is 1.97 bits per heavy atom. The lowest BCUT2D eigenvalue weighted by Crippen LogP contribution is -2.53. The third-order valence-corrected chi connectivity index (χ3v) is 6.07. The van der Waals surface area contributed by atoms with Crippen molar-refractivity contribution in [2.45, 2.75) is 82.6 Å². The van der Waals surface area contributed by atoms with E-state index in [4.69, 9.17) is 24.2 Å². The lowest BCUT2D eigenvalue weighted by molar-refractivity contribution is -0.227. The summed E-state index contributed by atoms with van der Waals surface area (Å²) in [7, 11) is 0. The van der Waals surface area contributed by atoms with Crippen LogP contribution in [0, 0.1) is 0 Å². The average molecular weight is 421 g/mol. The maximum absolute atomic E-state index is 12.1. The molecule has 8 nitrogen and oxygen atoms in total. The summed E-state index contributed by atoms with van der Waals surface area (Å²) in [4.78, 5) is 14.4. The summed E-state index contributed by atoms with van der Waals surface area (Å²) < 4.78 is 24.7. The van der Waals surface area contributed by atoms with Crippen molar-refractivity contribution in [3.63, 3.8) is 0 Å². The zero-order valence-electron chi connectivity index (χ0n) is 17.7. The molecule has 2 N–H and O–H groups in total. The van der Waals surface area contributed by atoms with E-state index in [2.05, 4.69) is 4.90 Å². The zero-order valence-corrected chi connectivity index (χ0v) is 17.7. The summed E-state index contributed by atoms with van der Waals surface area (Å²) in [5.74, 6) is -1.19. The molecular weight excluding hydrogens is 388 g/mol. The monoisotopic (exact) mass is 420 g/mol. The maximum atomic E-state index is 12.1. The number of fused-ring (bicyclic) bond motifs is 1. The van der Waals surface area contributed by atoms with E-state index in [-0.39, 0.29) is 18.6 Å². The Balaban J connectivity index is 1.56. The van der Waals surface area contributed by atoms with Crippen LogP contribution >= 0.6 is 0 Å². The average Bonchev–Trinajstić information content (AvgIpc) is 3.23. The molecule has 3 saturated heterocycles. The number of piperidine rings is 1. The van der Waals surface area contributed by atoms with Gasteiger partial charge in [-0.3, -0.25) is 14.9 Å². The molecule has 30 heavy (non-hydrogen) atoms. The van der Waals surface area contributed by atoms with Crippen LogP contribution in [0.1, 0.15) is 45.1 Å². The Morgan fingerprint density at radius 1 is 1.23 bits per heavy atom. The number of likely N-dealkylation sites (tertiary alicyclic amines) is 1. The second-order valence-corrected chi connectivity index (χ2v) is 8.73. The number of nitrogens with zero attached hydrogens (tertiary/aromatic N) is 1. The number of nitrogens with one attached hydrogen (secondary N) is 1. The molecule has 0 radical (unpaired) electrons. The largest absolute Gasteiger partial charge is 0.368 e. The van der Waals surface area contributed by atoms with E-state index < -0.39 is 30.2 Å². The van der Waals surface area contributed by atoms with E-state index in [1.807, 2.05) is 44.2 Å². The Morgan fingerprint density at radius 3 is 2.67 bits per heavy atom. The van der Waals surface area contributed by atoms with Gasteiger partial charge in [0.05, 0.1) is 6.61 Å². The number of hydrogen-bond donors (Lipinski definition) is 2. The van der Waals surface area contributed by atoms with Gasteiger partial charge in [0.2, 0.25) is 5.91 Å². The number of hydroxylamine groups is 1. The van der Waals surface area contributed by atoms with Gasteiger partial charge < -0.3 is 18.9 Å². The van der Waals surface area contributed by atoms with Crippen LogP contribution in [0.15, 0.2) is 30.3 Å². The van der Waals surface area contributed by atoms with Gasteiger partial charge in [-0.2, -0.15) is 0 Å². The Bertz CT molecular complexity index is 709. The molecule has 1 aromatic carbocycles. The van der Waals surface area contributed by atoms with Gasteiger partial charge in [-0.05, 0) is 45.3 Å². The van der Waals surface area contributed by atoms with Gasteiger partial charge in [0.1, 0.15) is 18.3 Å². The van der Waals surface area contributed by atoms with Gasteiger partial charge in [0.25, 0.3) is 0 Å². The first-order valence-electron chi connectivity index (χ1n) is 10.8. The minimum atomic E-state index is -0.752. The molecular formula is C22H32N2O6. The van der Waals surface area contributed by atoms with Gasteiger partial charge in [0.15, 0.2) is 12.1 Å². The second-order valence-electron chi connectivity index (χ2n) is 8.73. The summed E-state index contributed by atoms with van der Waals surface area (Å²) in [5, 5.41) is 9.13. The molecule has 5 atom stereocenters. The van der Waals surface area contributed by atoms with Crippen LogP contribution in [0.3, 0.4) is 0 Å². The summed E-state index contributed by atoms with van der Waals surface area (Å²) in [6.07, 6.45) is 1.73. The zero-order chi connectivity index (χ0) is 21.1.